The maximum atomic E-state index is 9.68. The molecule has 33 heavy (non-hydrogen) atoms. The van der Waals surface area contributed by atoms with E-state index in [1.165, 1.54) is 0 Å². The third-order valence-corrected chi connectivity index (χ3v) is 6.15. The number of imidazole rings is 1. The van der Waals surface area contributed by atoms with Crippen LogP contribution in [0.4, 0.5) is 5.82 Å². The van der Waals surface area contributed by atoms with Crippen molar-refractivity contribution in [3.05, 3.63) is 36.3 Å². The summed E-state index contributed by atoms with van der Waals surface area (Å²) in [6, 6.07) is 5.76. The van der Waals surface area contributed by atoms with Crippen LogP contribution in [0.25, 0.3) is 44.8 Å². The Balaban J connectivity index is 1.44. The number of aryl methyl sites for hydroxylation is 1. The Labute approximate surface area is 189 Å². The standard InChI is InChI=1S/C22H24N10O/c1-30-7-9-32(10-8-30)22-19-15(5-6-23-22)25-21(26-19)20-18-16(27-28-20)4-3-14(24-18)13-11-31(2)29-17(13)12-33/h3-6,11,33H,7-10,12H2,1-2H3,(H,25,26)(H,27,28). The van der Waals surface area contributed by atoms with Crippen LogP contribution in [-0.4, -0.2) is 83.1 Å². The number of piperazine rings is 1. The van der Waals surface area contributed by atoms with Gasteiger partial charge in [0.1, 0.15) is 11.0 Å². The van der Waals surface area contributed by atoms with Gasteiger partial charge in [-0.15, -0.1) is 0 Å². The SMILES string of the molecule is CN1CCN(c2nccc3[nH]c(-c4n[nH]c5ccc(-c6cn(C)nc6CO)nc45)nc23)CC1. The average molecular weight is 445 g/mol. The molecule has 11 heteroatoms. The van der Waals surface area contributed by atoms with E-state index < -0.39 is 0 Å². The number of anilines is 1. The van der Waals surface area contributed by atoms with Crippen LogP contribution in [0.5, 0.6) is 0 Å². The molecule has 0 aliphatic carbocycles. The maximum absolute atomic E-state index is 9.68. The van der Waals surface area contributed by atoms with Crippen molar-refractivity contribution in [2.24, 2.45) is 7.05 Å². The maximum Gasteiger partial charge on any atom is 0.161 e. The van der Waals surface area contributed by atoms with Gasteiger partial charge in [0.15, 0.2) is 17.3 Å². The molecule has 0 amide bonds. The highest BCUT2D eigenvalue weighted by Crippen LogP contribution is 2.31. The van der Waals surface area contributed by atoms with Crippen LogP contribution in [-0.2, 0) is 13.7 Å². The molecule has 0 bridgehead atoms. The number of nitrogens with zero attached hydrogens (tertiary/aromatic N) is 8. The smallest absolute Gasteiger partial charge is 0.161 e. The van der Waals surface area contributed by atoms with Gasteiger partial charge in [0.2, 0.25) is 0 Å². The molecule has 0 atom stereocenters. The molecular weight excluding hydrogens is 420 g/mol. The van der Waals surface area contributed by atoms with Crippen molar-refractivity contribution in [3.63, 3.8) is 0 Å². The lowest BCUT2D eigenvalue weighted by atomic mass is 10.1. The summed E-state index contributed by atoms with van der Waals surface area (Å²) in [6.07, 6.45) is 3.67. The molecule has 1 aliphatic heterocycles. The zero-order valence-electron chi connectivity index (χ0n) is 18.4. The van der Waals surface area contributed by atoms with Gasteiger partial charge in [-0.1, -0.05) is 0 Å². The first-order chi connectivity index (χ1) is 16.1. The lowest BCUT2D eigenvalue weighted by Crippen LogP contribution is -2.44. The Hall–Kier alpha value is -3.83. The largest absolute Gasteiger partial charge is 0.390 e. The molecule has 6 heterocycles. The Bertz CT molecular complexity index is 1460. The number of likely N-dealkylation sites (N-methyl/N-ethyl adjacent to an activating group) is 1. The lowest BCUT2D eigenvalue weighted by molar-refractivity contribution is 0.276. The van der Waals surface area contributed by atoms with E-state index in [1.54, 1.807) is 4.68 Å². The summed E-state index contributed by atoms with van der Waals surface area (Å²) in [4.78, 5) is 22.4. The number of pyridine rings is 2. The number of hydrogen-bond donors (Lipinski definition) is 3. The minimum absolute atomic E-state index is 0.153. The van der Waals surface area contributed by atoms with E-state index in [4.69, 9.17) is 9.97 Å². The quantitative estimate of drug-likeness (QED) is 0.381. The Morgan fingerprint density at radius 3 is 2.67 bits per heavy atom. The van der Waals surface area contributed by atoms with E-state index >= 15 is 0 Å². The van der Waals surface area contributed by atoms with Gasteiger partial charge in [-0.2, -0.15) is 10.2 Å². The van der Waals surface area contributed by atoms with Gasteiger partial charge in [-0.3, -0.25) is 9.78 Å². The number of aromatic amines is 2. The van der Waals surface area contributed by atoms with Gasteiger partial charge < -0.3 is 19.9 Å². The van der Waals surface area contributed by atoms with Crippen LogP contribution in [0.1, 0.15) is 5.69 Å². The summed E-state index contributed by atoms with van der Waals surface area (Å²) < 4.78 is 1.68. The molecule has 3 N–H and O–H groups in total. The van der Waals surface area contributed by atoms with Gasteiger partial charge in [0, 0.05) is 51.2 Å². The van der Waals surface area contributed by atoms with Crippen LogP contribution < -0.4 is 4.90 Å². The summed E-state index contributed by atoms with van der Waals surface area (Å²) in [7, 11) is 3.96. The van der Waals surface area contributed by atoms with Crippen LogP contribution in [0, 0.1) is 0 Å². The molecule has 5 aromatic rings. The first-order valence-electron chi connectivity index (χ1n) is 10.9. The molecule has 0 unspecified atom stereocenters. The van der Waals surface area contributed by atoms with Crippen molar-refractivity contribution in [2.45, 2.75) is 6.61 Å². The van der Waals surface area contributed by atoms with E-state index in [0.29, 0.717) is 22.7 Å². The minimum Gasteiger partial charge on any atom is -0.390 e. The molecule has 5 aromatic heterocycles. The van der Waals surface area contributed by atoms with Gasteiger partial charge >= 0.3 is 0 Å². The second kappa shape index (κ2) is 7.64. The zero-order valence-corrected chi connectivity index (χ0v) is 18.4. The first kappa shape index (κ1) is 19.8. The second-order valence-electron chi connectivity index (χ2n) is 8.39. The van der Waals surface area contributed by atoms with E-state index in [-0.39, 0.29) is 6.61 Å². The van der Waals surface area contributed by atoms with E-state index in [0.717, 1.165) is 59.8 Å². The fourth-order valence-electron chi connectivity index (χ4n) is 4.36. The molecule has 0 radical (unpaired) electrons. The number of aliphatic hydroxyl groups excluding tert-OH is 1. The fraction of sp³-hybridized carbons (Fsp3) is 0.318. The molecule has 168 valence electrons. The molecule has 1 aliphatic rings. The monoisotopic (exact) mass is 444 g/mol. The highest BCUT2D eigenvalue weighted by molar-refractivity contribution is 5.94. The molecule has 0 aromatic carbocycles. The summed E-state index contributed by atoms with van der Waals surface area (Å²) in [5.74, 6) is 1.53. The molecule has 11 nitrogen and oxygen atoms in total. The van der Waals surface area contributed by atoms with Crippen LogP contribution in [0.15, 0.2) is 30.6 Å². The molecule has 0 spiro atoms. The Kier molecular flexibility index (Phi) is 4.59. The number of H-pyrrole nitrogens is 2. The van der Waals surface area contributed by atoms with Crippen molar-refractivity contribution in [1.29, 1.82) is 0 Å². The van der Waals surface area contributed by atoms with Crippen LogP contribution in [0.3, 0.4) is 0 Å². The van der Waals surface area contributed by atoms with Crippen LogP contribution in [0.2, 0.25) is 0 Å². The number of rotatable bonds is 4. The molecular formula is C22H24N10O. The number of aliphatic hydroxyl groups is 1. The van der Waals surface area contributed by atoms with Gasteiger partial charge in [0.05, 0.1) is 29.0 Å². The topological polar surface area (TPSA) is 128 Å². The van der Waals surface area contributed by atoms with Gasteiger partial charge in [-0.25, -0.2) is 15.0 Å². The first-order valence-corrected chi connectivity index (χ1v) is 10.9. The van der Waals surface area contributed by atoms with Crippen molar-refractivity contribution < 1.29 is 5.11 Å². The number of aromatic nitrogens is 8. The Morgan fingerprint density at radius 2 is 1.85 bits per heavy atom. The van der Waals surface area contributed by atoms with E-state index in [2.05, 4.69) is 42.1 Å². The normalized spacial score (nSPS) is 15.2. The summed E-state index contributed by atoms with van der Waals surface area (Å²) in [5, 5.41) is 21.5. The molecule has 6 rings (SSSR count). The Morgan fingerprint density at radius 1 is 1.00 bits per heavy atom. The highest BCUT2D eigenvalue weighted by atomic mass is 16.3. The van der Waals surface area contributed by atoms with E-state index in [9.17, 15) is 5.11 Å². The molecule has 0 saturated carbocycles. The molecule has 1 saturated heterocycles. The van der Waals surface area contributed by atoms with Gasteiger partial charge in [-0.05, 0) is 25.2 Å². The summed E-state index contributed by atoms with van der Waals surface area (Å²) in [5.41, 5.74) is 5.99. The third-order valence-electron chi connectivity index (χ3n) is 6.15. The summed E-state index contributed by atoms with van der Waals surface area (Å²) in [6.45, 7) is 3.67. The van der Waals surface area contributed by atoms with Crippen molar-refractivity contribution in [1.82, 2.24) is 44.8 Å². The zero-order chi connectivity index (χ0) is 22.5. The van der Waals surface area contributed by atoms with Crippen molar-refractivity contribution >= 4 is 27.9 Å². The van der Waals surface area contributed by atoms with Crippen molar-refractivity contribution in [2.75, 3.05) is 38.1 Å². The number of hydrogen-bond acceptors (Lipinski definition) is 8. The number of fused-ring (bicyclic) bond motifs is 2. The third kappa shape index (κ3) is 3.33. The summed E-state index contributed by atoms with van der Waals surface area (Å²) >= 11 is 0. The fourth-order valence-corrected chi connectivity index (χ4v) is 4.36. The predicted octanol–water partition coefficient (Wildman–Crippen LogP) is 1.54. The van der Waals surface area contributed by atoms with Crippen LogP contribution >= 0.6 is 0 Å². The van der Waals surface area contributed by atoms with Crippen molar-refractivity contribution in [3.8, 4) is 22.8 Å². The average Bonchev–Trinajstić information content (AvgIpc) is 3.54. The minimum atomic E-state index is -0.153. The predicted molar refractivity (Wildman–Crippen MR) is 125 cm³/mol. The van der Waals surface area contributed by atoms with Gasteiger partial charge in [0.25, 0.3) is 0 Å². The number of nitrogens with one attached hydrogen (secondary N) is 2. The second-order valence-corrected chi connectivity index (χ2v) is 8.39. The van der Waals surface area contributed by atoms with E-state index in [1.807, 2.05) is 37.6 Å². The highest BCUT2D eigenvalue weighted by Gasteiger charge is 2.21. The molecule has 1 fully saturated rings. The lowest BCUT2D eigenvalue weighted by Gasteiger charge is -2.33.